The lowest BCUT2D eigenvalue weighted by molar-refractivity contribution is -0.239. The van der Waals surface area contributed by atoms with Crippen LogP contribution in [0.25, 0.3) is 25.1 Å². The molecule has 6 saturated carbocycles. The van der Waals surface area contributed by atoms with Gasteiger partial charge in [-0.2, -0.15) is 26.3 Å². The molecule has 5 atom stereocenters. The molecule has 12 rings (SSSR count). The van der Waals surface area contributed by atoms with Gasteiger partial charge in [0.25, 0.3) is 0 Å². The first-order valence-corrected chi connectivity index (χ1v) is 45.9. The van der Waals surface area contributed by atoms with E-state index < -0.39 is 102 Å². The first kappa shape index (κ1) is 97.5. The molecule has 1 N–H and O–H groups in total. The van der Waals surface area contributed by atoms with E-state index in [-0.39, 0.29) is 57.2 Å². The highest BCUT2D eigenvalue weighted by atomic mass is 127. The molecule has 17 nitrogen and oxygen atoms in total. The second kappa shape index (κ2) is 40.1. The number of carbonyl (C=O) groups is 5. The van der Waals surface area contributed by atoms with Gasteiger partial charge in [0.15, 0.2) is 19.9 Å². The molecule has 1 aromatic heterocycles. The van der Waals surface area contributed by atoms with Gasteiger partial charge in [0, 0.05) is 38.4 Å². The number of halogens is 9. The van der Waals surface area contributed by atoms with Gasteiger partial charge in [0.05, 0.1) is 59.0 Å². The molecule has 4 bridgehead atoms. The number of hydrogen-bond acceptors (Lipinski definition) is 17. The predicted octanol–water partition coefficient (Wildman–Crippen LogP) is 21.9. The van der Waals surface area contributed by atoms with Crippen LogP contribution in [-0.4, -0.2) is 114 Å². The van der Waals surface area contributed by atoms with Crippen molar-refractivity contribution < 1.29 is 105 Å². The minimum absolute atomic E-state index is 0.00100. The van der Waals surface area contributed by atoms with E-state index in [0.717, 1.165) is 64.2 Å². The van der Waals surface area contributed by atoms with Crippen LogP contribution in [-0.2, 0) is 63.1 Å². The van der Waals surface area contributed by atoms with Crippen LogP contribution in [0.2, 0.25) is 0 Å². The van der Waals surface area contributed by atoms with Crippen molar-refractivity contribution in [3.63, 3.8) is 0 Å². The Morgan fingerprint density at radius 3 is 1.53 bits per heavy atom. The maximum Gasteiger partial charge on any atom is 0.426 e. The zero-order valence-corrected chi connectivity index (χ0v) is 75.7. The van der Waals surface area contributed by atoms with Gasteiger partial charge in [0.1, 0.15) is 17.0 Å². The summed E-state index contributed by atoms with van der Waals surface area (Å²) in [5.41, 5.74) is -3.46. The number of thiophene rings is 1. The second-order valence-electron chi connectivity index (χ2n) is 32.9. The number of esters is 5. The second-order valence-corrected chi connectivity index (χ2v) is 41.2. The van der Waals surface area contributed by atoms with E-state index in [2.05, 4.69) is 122 Å². The van der Waals surface area contributed by atoms with Crippen molar-refractivity contribution in [3.05, 3.63) is 137 Å². The third-order valence-corrected chi connectivity index (χ3v) is 29.8. The van der Waals surface area contributed by atoms with Gasteiger partial charge in [-0.3, -0.25) is 19.2 Å². The van der Waals surface area contributed by atoms with E-state index in [1.54, 1.807) is 48.6 Å². The topological polar surface area (TPSA) is 266 Å². The molecule has 6 aliphatic rings. The fourth-order valence-electron chi connectivity index (χ4n) is 14.4. The molecule has 6 aromatic rings. The summed E-state index contributed by atoms with van der Waals surface area (Å²) >= 11 is 5.52. The monoisotopic (exact) mass is 1990 g/mol. The first-order valence-electron chi connectivity index (χ1n) is 38.3. The van der Waals surface area contributed by atoms with Crippen LogP contribution in [0.3, 0.4) is 0 Å². The molecule has 0 aliphatic heterocycles. The van der Waals surface area contributed by atoms with Gasteiger partial charge in [-0.15, -0.1) is 6.42 Å². The van der Waals surface area contributed by atoms with Crippen LogP contribution in [0.1, 0.15) is 227 Å². The molecular formula is C85H106F6I3O17S3-. The number of aromatic hydroxyl groups is 1. The van der Waals surface area contributed by atoms with E-state index in [1.807, 2.05) is 112 Å². The number of hydrogen-bond donors (Lipinski definition) is 1. The molecule has 630 valence electrons. The predicted molar refractivity (Wildman–Crippen MR) is 453 cm³/mol. The van der Waals surface area contributed by atoms with Crippen molar-refractivity contribution in [1.29, 1.82) is 0 Å². The van der Waals surface area contributed by atoms with Crippen molar-refractivity contribution in [2.24, 2.45) is 39.4 Å². The first-order chi connectivity index (χ1) is 52.7. The summed E-state index contributed by atoms with van der Waals surface area (Å²) in [7, 11) is -10.4. The maximum absolute atomic E-state index is 13.3. The fourth-order valence-corrected chi connectivity index (χ4v) is 20.4. The highest BCUT2D eigenvalue weighted by Crippen LogP contribution is 2.64. The highest BCUT2D eigenvalue weighted by Gasteiger charge is 2.64. The molecule has 29 heteroatoms. The van der Waals surface area contributed by atoms with E-state index >= 15 is 0 Å². The largest absolute Gasteiger partial charge is 0.748 e. The van der Waals surface area contributed by atoms with Crippen LogP contribution in [0, 0.1) is 62.5 Å². The number of fused-ring (bicyclic) bond motifs is 3. The fraction of sp³-hybridized carbons (Fsp3) is 0.565. The highest BCUT2D eigenvalue weighted by molar-refractivity contribution is 14.1. The zero-order chi connectivity index (χ0) is 85.6. The Balaban J connectivity index is 0.000000219. The Morgan fingerprint density at radius 1 is 0.623 bits per heavy atom. The summed E-state index contributed by atoms with van der Waals surface area (Å²) in [6, 6.07) is 38.9. The number of phenolic OH excluding ortho intramolecular Hbond substituents is 1. The molecule has 0 radical (unpaired) electrons. The van der Waals surface area contributed by atoms with Crippen LogP contribution >= 0.6 is 78.2 Å². The van der Waals surface area contributed by atoms with Gasteiger partial charge in [-0.25, -0.2) is 21.6 Å². The maximum atomic E-state index is 13.3. The third-order valence-electron chi connectivity index (χ3n) is 22.4. The molecule has 114 heavy (non-hydrogen) atoms. The summed E-state index contributed by atoms with van der Waals surface area (Å²) < 4.78 is 173. The number of rotatable bonds is 20. The summed E-state index contributed by atoms with van der Waals surface area (Å²) in [5.74, 6) is -2.52. The molecule has 0 amide bonds. The molecule has 5 unspecified atom stereocenters. The van der Waals surface area contributed by atoms with Gasteiger partial charge < -0.3 is 37.9 Å². The lowest BCUT2D eigenvalue weighted by Gasteiger charge is -2.60. The van der Waals surface area contributed by atoms with Crippen LogP contribution in [0.5, 0.6) is 5.75 Å². The lowest BCUT2D eigenvalue weighted by Crippen LogP contribution is -2.61. The van der Waals surface area contributed by atoms with Crippen molar-refractivity contribution in [3.8, 4) is 23.0 Å². The number of phenols is 1. The third kappa shape index (κ3) is 27.3. The Kier molecular flexibility index (Phi) is 34.3. The molecular weight excluding hydrogens is 1880 g/mol. The van der Waals surface area contributed by atoms with Crippen molar-refractivity contribution >= 4 is 148 Å². The van der Waals surface area contributed by atoms with Gasteiger partial charge in [0.2, 0.25) is 12.2 Å². The SMILES string of the molecule is C#CC1(OC(=O)C(C)(C)CC)CCC(C)CC1.CCC(C)(C)C(=O)OC1(C)CCCC1.CCC(C)(C)C(=O)OC12CC3CC(C1)CC(C(=O)OC(CS(=O)(=O)[O-])C(F)(F)F)(C3)C2.CCC(C)c1cccc(O)c1.O=C(OC(CS(=O)(=O)[O-])C(F)(F)F)c1cc(I)cc(I)c1I.c1ccc(-[s+]2c3ccccc3c3ccccc32)cc1. The average Bonchev–Trinajstić information content (AvgIpc) is 0.874. The molecule has 5 aromatic carbocycles. The van der Waals surface area contributed by atoms with E-state index in [9.17, 15) is 76.3 Å². The Bertz CT molecular complexity index is 4510. The summed E-state index contributed by atoms with van der Waals surface area (Å²) in [4.78, 5) is 62.9. The minimum Gasteiger partial charge on any atom is -0.748 e. The molecule has 1 heterocycles. The quantitative estimate of drug-likeness (QED) is 0.0109. The van der Waals surface area contributed by atoms with E-state index in [4.69, 9.17) is 25.7 Å². The van der Waals surface area contributed by atoms with Gasteiger partial charge in [-0.1, -0.05) is 102 Å². The van der Waals surface area contributed by atoms with Crippen molar-refractivity contribution in [1.82, 2.24) is 0 Å². The Morgan fingerprint density at radius 2 is 1.08 bits per heavy atom. The summed E-state index contributed by atoms with van der Waals surface area (Å²) in [6.07, 6.45) is 3.13. The van der Waals surface area contributed by atoms with Crippen LogP contribution in [0.15, 0.2) is 115 Å². The normalized spacial score (nSPS) is 21.9. The molecule has 0 saturated heterocycles. The van der Waals surface area contributed by atoms with E-state index in [1.165, 1.54) is 49.5 Å². The smallest absolute Gasteiger partial charge is 0.426 e. The van der Waals surface area contributed by atoms with Crippen LogP contribution in [0.4, 0.5) is 26.3 Å². The summed E-state index contributed by atoms with van der Waals surface area (Å²) in [6.45, 7) is 25.7. The van der Waals surface area contributed by atoms with Crippen molar-refractivity contribution in [2.45, 2.75) is 253 Å². The molecule has 0 spiro atoms. The van der Waals surface area contributed by atoms with Gasteiger partial charge >= 0.3 is 42.2 Å². The minimum atomic E-state index is -5.27. The average molecular weight is 1990 g/mol. The number of terminal acetylenes is 1. The number of carbonyl (C=O) groups excluding carboxylic acids is 5. The van der Waals surface area contributed by atoms with Gasteiger partial charge in [-0.05, 0) is 315 Å². The zero-order valence-electron chi connectivity index (χ0n) is 66.8. The van der Waals surface area contributed by atoms with E-state index in [0.29, 0.717) is 60.4 Å². The number of benzene rings is 5. The van der Waals surface area contributed by atoms with Crippen LogP contribution < -0.4 is 0 Å². The van der Waals surface area contributed by atoms with Crippen molar-refractivity contribution in [2.75, 3.05) is 11.5 Å². The number of ether oxygens (including phenoxy) is 5. The summed E-state index contributed by atoms with van der Waals surface area (Å²) in [5, 5.41) is 11.9. The Labute approximate surface area is 711 Å². The molecule has 6 aliphatic carbocycles. The Hall–Kier alpha value is -5.38. The number of alkyl halides is 6. The standard InChI is InChI=1S/C20H29F3O7S.C18H13S.C15H24O2.C12H22O2.C10H6F3I3O5S.C10H14O/c1-4-17(2,3)15(24)30-19-8-12-5-13(9-19)7-18(6-12,11-19)16(25)29-14(20(21,22)23)10-31(26,27)28;1-2-8-14(9-3-1)19-17-12-6-4-10-15(17)16-11-5-7-13-18(16)19;1-6-14(4,5)13(16)17-15(7-2)10-8-12(3)9-11-15;1-5-11(2,3)10(13)14-12(4)8-6-7-9-12;11-10(12,13)7(3-22(18,19)20)21-9(17)5-1-4(14)2-6(15)8(5)16;1-3-8(2)9-5-4-6-10(11)7-9/h12-14H,4-11H2,1-3H3,(H,26,27,28);1-13H;2,12H,6,8-11H2,1,3-5H3;5-9H2,1-4H3;1-2,7H,3H2,(H,18,19,20);4-8,11H,3H2,1-2H3/q;+1;;;;/p-2. The molecule has 6 fully saturated rings. The lowest BCUT2D eigenvalue weighted by atomic mass is 9.48.